The summed E-state index contributed by atoms with van der Waals surface area (Å²) < 4.78 is 5.05. The zero-order valence-corrected chi connectivity index (χ0v) is 20.8. The fourth-order valence-corrected chi connectivity index (χ4v) is 5.44. The zero-order chi connectivity index (χ0) is 20.8. The van der Waals surface area contributed by atoms with Crippen molar-refractivity contribution in [3.8, 4) is 0 Å². The van der Waals surface area contributed by atoms with Crippen molar-refractivity contribution in [1.29, 1.82) is 0 Å². The third kappa shape index (κ3) is 6.99. The number of nitrogens with zero attached hydrogens (tertiary/aromatic N) is 2. The van der Waals surface area contributed by atoms with Gasteiger partial charge in [0.15, 0.2) is 0 Å². The molecule has 6 nitrogen and oxygen atoms in total. The van der Waals surface area contributed by atoms with E-state index in [0.29, 0.717) is 6.61 Å². The molecule has 0 saturated carbocycles. The number of fused-ring (bicyclic) bond motifs is 2. The Balaban J connectivity index is 0.00000181. The number of quaternary nitrogens is 2. The summed E-state index contributed by atoms with van der Waals surface area (Å²) in [6.45, 7) is 10.2. The molecular weight excluding hydrogens is 467 g/mol. The first-order valence-electron chi connectivity index (χ1n) is 11.0. The van der Waals surface area contributed by atoms with E-state index in [9.17, 15) is 4.79 Å². The lowest BCUT2D eigenvalue weighted by Crippen LogP contribution is -3.28. The van der Waals surface area contributed by atoms with Gasteiger partial charge in [0, 0.05) is 37.4 Å². The molecule has 2 aromatic rings. The fourth-order valence-electron chi connectivity index (χ4n) is 4.37. The Morgan fingerprint density at radius 2 is 1.66 bits per heavy atom. The van der Waals surface area contributed by atoms with Crippen molar-refractivity contribution in [2.24, 2.45) is 0 Å². The van der Waals surface area contributed by atoms with E-state index >= 15 is 0 Å². The number of rotatable bonds is 8. The van der Waals surface area contributed by atoms with E-state index < -0.39 is 0 Å². The smallest absolute Gasteiger partial charge is 0.302 e. The maximum atomic E-state index is 10.8. The number of anilines is 2. The Bertz CT molecular complexity index is 820. The standard InChI is InChI=1S/C23H30N4O2S.2ClH/c1-19(28)29-18-6-12-26-16-14-25(15-17-26)11-5-13-27-20-7-2-3-8-21(20)30-22-9-4-10-24-23(22)27;;/h2-4,7-10H,5-6,11-18H2,1H3;2*1H. The van der Waals surface area contributed by atoms with E-state index in [2.05, 4.69) is 40.2 Å². The second kappa shape index (κ2) is 13.3. The van der Waals surface area contributed by atoms with Gasteiger partial charge in [-0.1, -0.05) is 23.9 Å². The number of benzene rings is 1. The van der Waals surface area contributed by atoms with Crippen molar-refractivity contribution in [3.63, 3.8) is 0 Å². The molecule has 9 heteroatoms. The molecule has 4 rings (SSSR count). The number of hydrogen-bond acceptors (Lipinski definition) is 5. The van der Waals surface area contributed by atoms with Gasteiger partial charge in [-0.05, 0) is 24.3 Å². The van der Waals surface area contributed by atoms with Crippen LogP contribution in [-0.4, -0.2) is 63.4 Å². The van der Waals surface area contributed by atoms with Gasteiger partial charge in [-0.3, -0.25) is 4.79 Å². The minimum absolute atomic E-state index is 0. The number of hydrogen-bond donors (Lipinski definition) is 2. The summed E-state index contributed by atoms with van der Waals surface area (Å²) in [5, 5.41) is 0. The summed E-state index contributed by atoms with van der Waals surface area (Å²) in [7, 11) is 0. The lowest BCUT2D eigenvalue weighted by Gasteiger charge is -2.33. The van der Waals surface area contributed by atoms with Crippen LogP contribution in [0.15, 0.2) is 52.4 Å². The van der Waals surface area contributed by atoms with Crippen LogP contribution in [0.4, 0.5) is 11.5 Å². The molecule has 0 spiro atoms. The minimum Gasteiger partial charge on any atom is -1.00 e. The monoisotopic (exact) mass is 498 g/mol. The summed E-state index contributed by atoms with van der Waals surface area (Å²) >= 11 is 1.82. The van der Waals surface area contributed by atoms with Crippen molar-refractivity contribution in [2.75, 3.05) is 57.3 Å². The molecule has 2 aliphatic heterocycles. The zero-order valence-electron chi connectivity index (χ0n) is 18.5. The molecule has 0 bridgehead atoms. The lowest BCUT2D eigenvalue weighted by molar-refractivity contribution is -1.01. The molecule has 0 unspecified atom stereocenters. The van der Waals surface area contributed by atoms with Gasteiger partial charge in [-0.15, -0.1) is 0 Å². The topological polar surface area (TPSA) is 51.3 Å². The molecule has 1 aromatic heterocycles. The van der Waals surface area contributed by atoms with Crippen molar-refractivity contribution >= 4 is 29.2 Å². The predicted octanol–water partition coefficient (Wildman–Crippen LogP) is -5.18. The van der Waals surface area contributed by atoms with Crippen LogP contribution in [0.2, 0.25) is 0 Å². The quantitative estimate of drug-likeness (QED) is 0.281. The third-order valence-electron chi connectivity index (χ3n) is 5.94. The van der Waals surface area contributed by atoms with Gasteiger partial charge in [0.1, 0.15) is 32.0 Å². The van der Waals surface area contributed by atoms with E-state index in [1.54, 1.807) is 9.80 Å². The number of nitrogens with one attached hydrogen (secondary N) is 2. The van der Waals surface area contributed by atoms with Crippen LogP contribution >= 0.6 is 11.8 Å². The average molecular weight is 500 g/mol. The molecule has 1 saturated heterocycles. The number of halogens is 2. The maximum absolute atomic E-state index is 10.8. The van der Waals surface area contributed by atoms with E-state index in [0.717, 1.165) is 31.7 Å². The van der Waals surface area contributed by atoms with Gasteiger partial charge in [0.2, 0.25) is 0 Å². The summed E-state index contributed by atoms with van der Waals surface area (Å²) in [4.78, 5) is 23.8. The first kappa shape index (κ1) is 26.7. The van der Waals surface area contributed by atoms with Crippen LogP contribution in [0, 0.1) is 0 Å². The summed E-state index contributed by atoms with van der Waals surface area (Å²) in [6, 6.07) is 12.8. The minimum atomic E-state index is -0.174. The predicted molar refractivity (Wildman–Crippen MR) is 119 cm³/mol. The molecule has 0 aliphatic carbocycles. The molecule has 0 amide bonds. The second-order valence-electron chi connectivity index (χ2n) is 8.09. The highest BCUT2D eigenvalue weighted by atomic mass is 35.5. The van der Waals surface area contributed by atoms with Gasteiger partial charge >= 0.3 is 5.97 Å². The Morgan fingerprint density at radius 1 is 1.00 bits per heavy atom. The molecule has 0 atom stereocenters. The summed E-state index contributed by atoms with van der Waals surface area (Å²) in [5.41, 5.74) is 1.28. The Morgan fingerprint density at radius 3 is 2.38 bits per heavy atom. The van der Waals surface area contributed by atoms with Crippen LogP contribution in [0.25, 0.3) is 0 Å². The van der Waals surface area contributed by atoms with Crippen LogP contribution in [0.1, 0.15) is 19.8 Å². The SMILES string of the molecule is CC(=O)OCCC[NH+]1CC[NH+](CCCN2c3ccccc3Sc3cccnc32)CC1.[Cl-].[Cl-]. The second-order valence-corrected chi connectivity index (χ2v) is 9.18. The number of para-hydroxylation sites is 1. The van der Waals surface area contributed by atoms with Crippen LogP contribution < -0.4 is 39.5 Å². The Labute approximate surface area is 207 Å². The molecule has 1 fully saturated rings. The van der Waals surface area contributed by atoms with E-state index in [1.807, 2.05) is 24.0 Å². The van der Waals surface area contributed by atoms with Gasteiger partial charge in [0.25, 0.3) is 0 Å². The number of esters is 1. The number of ether oxygens (including phenoxy) is 1. The normalized spacial score (nSPS) is 19.1. The highest BCUT2D eigenvalue weighted by molar-refractivity contribution is 7.99. The molecular formula is C23H32Cl2N4O2S. The van der Waals surface area contributed by atoms with Gasteiger partial charge in [-0.2, -0.15) is 0 Å². The van der Waals surface area contributed by atoms with Gasteiger partial charge in [-0.25, -0.2) is 4.98 Å². The van der Waals surface area contributed by atoms with Gasteiger partial charge in [0.05, 0.1) is 30.3 Å². The van der Waals surface area contributed by atoms with Crippen molar-refractivity contribution in [1.82, 2.24) is 4.98 Å². The molecule has 0 radical (unpaired) electrons. The van der Waals surface area contributed by atoms with Crippen molar-refractivity contribution < 1.29 is 44.1 Å². The molecule has 1 aromatic carbocycles. The largest absolute Gasteiger partial charge is 1.00 e. The number of pyridine rings is 1. The molecule has 3 heterocycles. The van der Waals surface area contributed by atoms with E-state index in [-0.39, 0.29) is 30.8 Å². The Hall–Kier alpha value is -1.51. The van der Waals surface area contributed by atoms with Crippen molar-refractivity contribution in [3.05, 3.63) is 42.6 Å². The number of carbonyl (C=O) groups is 1. The fraction of sp³-hybridized carbons (Fsp3) is 0.478. The lowest BCUT2D eigenvalue weighted by atomic mass is 10.2. The average Bonchev–Trinajstić information content (AvgIpc) is 2.77. The Kier molecular flexibility index (Phi) is 11.1. The summed E-state index contributed by atoms with van der Waals surface area (Å²) in [5.74, 6) is 0.922. The number of carbonyl (C=O) groups excluding carboxylic acids is 1. The van der Waals surface area contributed by atoms with E-state index in [4.69, 9.17) is 4.74 Å². The number of piperazine rings is 1. The van der Waals surface area contributed by atoms with Crippen LogP contribution in [-0.2, 0) is 9.53 Å². The molecule has 2 N–H and O–H groups in total. The third-order valence-corrected chi connectivity index (χ3v) is 7.04. The highest BCUT2D eigenvalue weighted by Crippen LogP contribution is 2.46. The maximum Gasteiger partial charge on any atom is 0.302 e. The first-order chi connectivity index (χ1) is 14.7. The van der Waals surface area contributed by atoms with Gasteiger partial charge < -0.3 is 44.3 Å². The molecule has 2 aliphatic rings. The number of aromatic nitrogens is 1. The van der Waals surface area contributed by atoms with Crippen LogP contribution in [0.5, 0.6) is 0 Å². The molecule has 32 heavy (non-hydrogen) atoms. The van der Waals surface area contributed by atoms with Crippen LogP contribution in [0.3, 0.4) is 0 Å². The van der Waals surface area contributed by atoms with Crippen molar-refractivity contribution in [2.45, 2.75) is 29.6 Å². The first-order valence-corrected chi connectivity index (χ1v) is 11.8. The molecule has 176 valence electrons. The summed E-state index contributed by atoms with van der Waals surface area (Å²) in [6.07, 6.45) is 4.02. The highest BCUT2D eigenvalue weighted by Gasteiger charge is 2.26. The van der Waals surface area contributed by atoms with E-state index in [1.165, 1.54) is 55.1 Å².